The first-order valence-corrected chi connectivity index (χ1v) is 16.9. The molecule has 0 bridgehead atoms. The van der Waals surface area contributed by atoms with E-state index in [1.807, 2.05) is 43.3 Å². The predicted octanol–water partition coefficient (Wildman–Crippen LogP) is 4.76. The Morgan fingerprint density at radius 3 is 2.32 bits per heavy atom. The minimum atomic E-state index is -1.02. The quantitative estimate of drug-likeness (QED) is 0.109. The fourth-order valence-electron chi connectivity index (χ4n) is 6.84. The van der Waals surface area contributed by atoms with Crippen molar-refractivity contribution in [3.8, 4) is 5.75 Å². The second-order valence-electron chi connectivity index (χ2n) is 13.0. The van der Waals surface area contributed by atoms with Crippen LogP contribution in [0.3, 0.4) is 0 Å². The smallest absolute Gasteiger partial charge is 0.336 e. The van der Waals surface area contributed by atoms with Gasteiger partial charge in [-0.15, -0.1) is 0 Å². The van der Waals surface area contributed by atoms with Gasteiger partial charge in [0, 0.05) is 60.8 Å². The number of carbonyl (C=O) groups excluding carboxylic acids is 1. The first-order chi connectivity index (χ1) is 24.1. The van der Waals surface area contributed by atoms with Crippen molar-refractivity contribution in [1.82, 2.24) is 19.8 Å². The van der Waals surface area contributed by atoms with Crippen LogP contribution in [0.5, 0.6) is 5.75 Å². The third-order valence-corrected chi connectivity index (χ3v) is 9.54. The lowest BCUT2D eigenvalue weighted by Crippen LogP contribution is -2.51. The molecule has 0 spiro atoms. The summed E-state index contributed by atoms with van der Waals surface area (Å²) in [7, 11) is 0. The van der Waals surface area contributed by atoms with Gasteiger partial charge in [-0.05, 0) is 74.4 Å². The lowest BCUT2D eigenvalue weighted by molar-refractivity contribution is -0.0206. The Labute approximate surface area is 290 Å². The largest absolute Gasteiger partial charge is 0.493 e. The number of amides is 2. The molecule has 3 aromatic carbocycles. The number of nitrogens with zero attached hydrogens (tertiary/aromatic N) is 6. The molecule has 266 valence electrons. The summed E-state index contributed by atoms with van der Waals surface area (Å²) in [5, 5.41) is 17.9. The van der Waals surface area contributed by atoms with E-state index >= 15 is 0 Å². The Balaban J connectivity index is 0.987. The molecule has 2 aliphatic rings. The molecule has 4 atom stereocenters. The highest BCUT2D eigenvalue weighted by Crippen LogP contribution is 2.42. The second-order valence-corrected chi connectivity index (χ2v) is 13.0. The van der Waals surface area contributed by atoms with E-state index in [4.69, 9.17) is 15.3 Å². The van der Waals surface area contributed by atoms with Crippen LogP contribution in [0.4, 0.5) is 30.6 Å². The molecule has 1 unspecified atom stereocenters. The fraction of sp³-hybridized carbons (Fsp3) is 0.417. The van der Waals surface area contributed by atoms with Crippen LogP contribution in [-0.4, -0.2) is 82.4 Å². The average Bonchev–Trinajstić information content (AvgIpc) is 3.78. The van der Waals surface area contributed by atoms with Crippen LogP contribution in [-0.2, 0) is 16.9 Å². The molecule has 50 heavy (non-hydrogen) atoms. The van der Waals surface area contributed by atoms with Crippen LogP contribution in [0.2, 0.25) is 0 Å². The van der Waals surface area contributed by atoms with Crippen LogP contribution in [0.15, 0.2) is 79.4 Å². The molecule has 2 saturated heterocycles. The predicted molar refractivity (Wildman–Crippen MR) is 186 cm³/mol. The number of rotatable bonds is 12. The lowest BCUT2D eigenvalue weighted by atomic mass is 9.87. The van der Waals surface area contributed by atoms with Gasteiger partial charge in [0.1, 0.15) is 35.6 Å². The highest BCUT2D eigenvalue weighted by Gasteiger charge is 2.44. The van der Waals surface area contributed by atoms with E-state index in [-0.39, 0.29) is 12.5 Å². The van der Waals surface area contributed by atoms with Gasteiger partial charge in [0.05, 0.1) is 31.9 Å². The molecule has 1 aromatic heterocycles. The van der Waals surface area contributed by atoms with E-state index in [9.17, 15) is 18.7 Å². The number of aromatic nitrogens is 3. The third-order valence-electron chi connectivity index (χ3n) is 9.54. The molecule has 0 radical (unpaired) electrons. The Bertz CT molecular complexity index is 1700. The first kappa shape index (κ1) is 35.1. The molecule has 0 aliphatic carbocycles. The van der Waals surface area contributed by atoms with Gasteiger partial charge in [-0.25, -0.2) is 29.1 Å². The van der Waals surface area contributed by atoms with Crippen molar-refractivity contribution in [2.45, 2.75) is 51.0 Å². The van der Waals surface area contributed by atoms with E-state index in [0.717, 1.165) is 54.4 Å². The number of nitrogens with one attached hydrogen (secondary N) is 1. The van der Waals surface area contributed by atoms with E-state index in [2.05, 4.69) is 37.3 Å². The van der Waals surface area contributed by atoms with Gasteiger partial charge in [-0.3, -0.25) is 5.01 Å². The zero-order chi connectivity index (χ0) is 35.3. The molecule has 6 rings (SSSR count). The summed E-state index contributed by atoms with van der Waals surface area (Å²) in [4.78, 5) is 21.2. The first-order valence-electron chi connectivity index (χ1n) is 16.9. The van der Waals surface area contributed by atoms with Crippen LogP contribution >= 0.6 is 0 Å². The average molecular weight is 691 g/mol. The summed E-state index contributed by atoms with van der Waals surface area (Å²) in [6.45, 7) is 7.82. The third kappa shape index (κ3) is 7.98. The van der Waals surface area contributed by atoms with Crippen LogP contribution in [0.25, 0.3) is 0 Å². The monoisotopic (exact) mass is 690 g/mol. The van der Waals surface area contributed by atoms with Crippen molar-refractivity contribution < 1.29 is 28.2 Å². The number of hydrogen-bond acceptors (Lipinski definition) is 9. The van der Waals surface area contributed by atoms with Gasteiger partial charge in [-0.2, -0.15) is 5.10 Å². The number of hydrazine groups is 1. The number of halogens is 2. The summed E-state index contributed by atoms with van der Waals surface area (Å²) >= 11 is 0. The van der Waals surface area contributed by atoms with Crippen molar-refractivity contribution >= 4 is 23.1 Å². The number of benzene rings is 3. The maximum absolute atomic E-state index is 14.9. The molecular weight excluding hydrogens is 646 g/mol. The maximum atomic E-state index is 14.9. The lowest BCUT2D eigenvalue weighted by Gasteiger charge is -2.37. The zero-order valence-electron chi connectivity index (χ0n) is 28.3. The Morgan fingerprint density at radius 1 is 1.08 bits per heavy atom. The van der Waals surface area contributed by atoms with Gasteiger partial charge >= 0.3 is 6.03 Å². The molecule has 0 saturated carbocycles. The molecule has 4 aromatic rings. The highest BCUT2D eigenvalue weighted by atomic mass is 19.1. The van der Waals surface area contributed by atoms with Gasteiger partial charge in [0.25, 0.3) is 0 Å². The van der Waals surface area contributed by atoms with Gasteiger partial charge in [0.15, 0.2) is 0 Å². The number of carbonyl (C=O) groups is 1. The molecule has 14 heteroatoms. The topological polar surface area (TPSA) is 134 Å². The summed E-state index contributed by atoms with van der Waals surface area (Å²) in [5.74, 6) is 5.37. The normalized spacial score (nSPS) is 20.4. The van der Waals surface area contributed by atoms with Crippen molar-refractivity contribution in [2.75, 3.05) is 54.5 Å². The number of piperazine rings is 1. The standard InChI is InChI=1S/C36H44F2N8O4/c1-3-34(25(2)47)46(39)35(48)42-28-5-7-29(8-6-28)43-14-16-44(17-15-43)30-9-11-31(12-10-30)49-20-26-19-36(50-21-26,22-45-24-40-23-41-45)32-13-4-27(37)18-33(32)38/h4-13,18,23-26,34,47H,3,14-17,19-22,39H2,1-2H3,(H,42,48)/t25-,26+,34?,36-/m0/s1. The minimum absolute atomic E-state index is 0.0140. The van der Waals surface area contributed by atoms with E-state index in [0.29, 0.717) is 37.3 Å². The van der Waals surface area contributed by atoms with E-state index in [1.54, 1.807) is 17.9 Å². The van der Waals surface area contributed by atoms with Crippen molar-refractivity contribution in [2.24, 2.45) is 11.8 Å². The zero-order valence-corrected chi connectivity index (χ0v) is 28.3. The molecule has 3 heterocycles. The van der Waals surface area contributed by atoms with Crippen LogP contribution in [0, 0.1) is 17.6 Å². The maximum Gasteiger partial charge on any atom is 0.336 e. The van der Waals surface area contributed by atoms with Crippen LogP contribution in [0.1, 0.15) is 32.3 Å². The van der Waals surface area contributed by atoms with Crippen molar-refractivity contribution in [3.63, 3.8) is 0 Å². The molecule has 12 nitrogen and oxygen atoms in total. The summed E-state index contributed by atoms with van der Waals surface area (Å²) in [6.07, 6.45) is 3.25. The SMILES string of the molecule is CCC([C@H](C)O)N(N)C(=O)Nc1ccc(N2CCN(c3ccc(OC[C@@H]4CO[C@@](Cn5cncn5)(c5ccc(F)cc5F)C4)cc3)CC2)cc1. The van der Waals surface area contributed by atoms with Gasteiger partial charge in [0.2, 0.25) is 0 Å². The van der Waals surface area contributed by atoms with E-state index < -0.39 is 35.4 Å². The number of aliphatic hydroxyl groups excluding tert-OH is 1. The Morgan fingerprint density at radius 2 is 1.74 bits per heavy atom. The molecule has 2 fully saturated rings. The second kappa shape index (κ2) is 15.4. The Hall–Kier alpha value is -4.79. The number of hydrogen-bond donors (Lipinski definition) is 3. The van der Waals surface area contributed by atoms with Crippen molar-refractivity contribution in [3.05, 3.63) is 96.6 Å². The summed E-state index contributed by atoms with van der Waals surface area (Å²) < 4.78 is 42.6. The number of urea groups is 1. The molecule has 2 aliphatic heterocycles. The number of nitrogens with two attached hydrogens (primary N) is 1. The molecular formula is C36H44F2N8O4. The number of anilines is 3. The minimum Gasteiger partial charge on any atom is -0.493 e. The van der Waals surface area contributed by atoms with E-state index in [1.165, 1.54) is 18.5 Å². The summed E-state index contributed by atoms with van der Waals surface area (Å²) in [5.41, 5.74) is 2.07. The summed E-state index contributed by atoms with van der Waals surface area (Å²) in [6, 6.07) is 18.3. The van der Waals surface area contributed by atoms with Gasteiger partial charge in [-0.1, -0.05) is 13.0 Å². The number of aliphatic hydroxyl groups is 1. The fourth-order valence-corrected chi connectivity index (χ4v) is 6.84. The molecule has 4 N–H and O–H groups in total. The van der Waals surface area contributed by atoms with Crippen molar-refractivity contribution in [1.29, 1.82) is 0 Å². The Kier molecular flexibility index (Phi) is 10.8. The van der Waals surface area contributed by atoms with Gasteiger partial charge < -0.3 is 29.7 Å². The highest BCUT2D eigenvalue weighted by molar-refractivity contribution is 5.89. The molecule has 2 amide bonds. The number of ether oxygens (including phenoxy) is 2. The van der Waals surface area contributed by atoms with Crippen LogP contribution < -0.4 is 25.7 Å².